The van der Waals surface area contributed by atoms with E-state index in [1.165, 1.54) is 0 Å². The van der Waals surface area contributed by atoms with Gasteiger partial charge in [-0.25, -0.2) is 0 Å². The molecule has 0 aliphatic carbocycles. The van der Waals surface area contributed by atoms with E-state index in [0.717, 1.165) is 6.54 Å². The van der Waals surface area contributed by atoms with Crippen LogP contribution in [-0.4, -0.2) is 37.1 Å². The first-order valence-electron chi connectivity index (χ1n) is 2.97. The molecule has 0 saturated heterocycles. The third-order valence-electron chi connectivity index (χ3n) is 0.599. The highest BCUT2D eigenvalue weighted by Crippen LogP contribution is 1.59. The minimum Gasteiger partial charge on any atom is -0.370 e. The van der Waals surface area contributed by atoms with E-state index in [1.54, 1.807) is 7.05 Å². The fourth-order valence-corrected chi connectivity index (χ4v) is 0.260. The van der Waals surface area contributed by atoms with Crippen LogP contribution in [0.5, 0.6) is 0 Å². The van der Waals surface area contributed by atoms with E-state index in [2.05, 4.69) is 10.3 Å². The fraction of sp³-hybridized carbons (Fsp3) is 0.750. The normalized spacial score (nSPS) is 11.5. The van der Waals surface area contributed by atoms with Gasteiger partial charge in [0, 0.05) is 13.6 Å². The number of nitrogens with one attached hydrogen (secondary N) is 1. The molecule has 0 aromatic rings. The molecule has 0 heterocycles. The van der Waals surface area contributed by atoms with Crippen molar-refractivity contribution in [3.8, 4) is 0 Å². The van der Waals surface area contributed by atoms with Crippen LogP contribution in [0.2, 0.25) is 0 Å². The maximum atomic E-state index is 8.74. The zero-order chi connectivity index (χ0) is 10.2. The van der Waals surface area contributed by atoms with Gasteiger partial charge in [0.05, 0.1) is 0 Å². The van der Waals surface area contributed by atoms with Crippen molar-refractivity contribution in [1.29, 1.82) is 0 Å². The van der Waals surface area contributed by atoms with Gasteiger partial charge in [-0.05, 0) is 6.92 Å². The molecule has 0 bridgehead atoms. The molecule has 0 rings (SSSR count). The molecular formula is C4H13N3O4S. The second kappa shape index (κ2) is 6.83. The van der Waals surface area contributed by atoms with Crippen molar-refractivity contribution in [2.75, 3.05) is 13.6 Å². The highest BCUT2D eigenvalue weighted by Gasteiger charge is 1.84. The quantitative estimate of drug-likeness (QED) is 0.241. The summed E-state index contributed by atoms with van der Waals surface area (Å²) < 4.78 is 31.6. The Balaban J connectivity index is 0. The van der Waals surface area contributed by atoms with Gasteiger partial charge in [0.2, 0.25) is 0 Å². The smallest absolute Gasteiger partial charge is 0.370 e. The van der Waals surface area contributed by atoms with Crippen molar-refractivity contribution >= 4 is 16.4 Å². The minimum absolute atomic E-state index is 0.502. The Bertz CT molecular complexity index is 214. The van der Waals surface area contributed by atoms with E-state index < -0.39 is 10.4 Å². The molecule has 0 unspecified atom stereocenters. The SMILES string of the molecule is CCN/C(N)=N/C.O=S(=O)(O)O. The van der Waals surface area contributed by atoms with Crippen LogP contribution in [0.15, 0.2) is 4.99 Å². The zero-order valence-electron chi connectivity index (χ0n) is 6.85. The van der Waals surface area contributed by atoms with Crippen molar-refractivity contribution in [3.05, 3.63) is 0 Å². The number of aliphatic imine (C=N–C) groups is 1. The van der Waals surface area contributed by atoms with Crippen molar-refractivity contribution in [3.63, 3.8) is 0 Å². The summed E-state index contributed by atoms with van der Waals surface area (Å²) in [6.07, 6.45) is 0. The number of rotatable bonds is 1. The molecular weight excluding hydrogens is 186 g/mol. The third kappa shape index (κ3) is 35.3. The van der Waals surface area contributed by atoms with Gasteiger partial charge < -0.3 is 11.1 Å². The molecule has 5 N–H and O–H groups in total. The standard InChI is InChI=1S/C4H11N3.H2O4S/c1-3-7-4(5)6-2;1-5(2,3)4/h3H2,1-2H3,(H3,5,6,7);(H2,1,2,3,4). The van der Waals surface area contributed by atoms with Gasteiger partial charge in [-0.3, -0.25) is 14.1 Å². The number of guanidine groups is 1. The second-order valence-corrected chi connectivity index (χ2v) is 2.48. The maximum Gasteiger partial charge on any atom is 0.394 e. The highest BCUT2D eigenvalue weighted by atomic mass is 32.3. The van der Waals surface area contributed by atoms with Gasteiger partial charge in [0.1, 0.15) is 0 Å². The van der Waals surface area contributed by atoms with Crippen LogP contribution >= 0.6 is 0 Å². The van der Waals surface area contributed by atoms with Crippen LogP contribution in [0.25, 0.3) is 0 Å². The Hall–Kier alpha value is -0.860. The van der Waals surface area contributed by atoms with Crippen molar-refractivity contribution in [2.45, 2.75) is 6.92 Å². The first kappa shape index (κ1) is 13.7. The molecule has 0 aromatic carbocycles. The van der Waals surface area contributed by atoms with Crippen molar-refractivity contribution in [1.82, 2.24) is 5.32 Å². The lowest BCUT2D eigenvalue weighted by molar-refractivity contribution is 0.381. The molecule has 7 nitrogen and oxygen atoms in total. The molecule has 0 fully saturated rings. The van der Waals surface area contributed by atoms with Gasteiger partial charge in [-0.15, -0.1) is 0 Å². The van der Waals surface area contributed by atoms with Crippen LogP contribution < -0.4 is 11.1 Å². The van der Waals surface area contributed by atoms with Gasteiger partial charge in [-0.2, -0.15) is 8.42 Å². The lowest BCUT2D eigenvalue weighted by Gasteiger charge is -1.96. The Morgan fingerprint density at radius 2 is 1.92 bits per heavy atom. The number of nitrogens with zero attached hydrogens (tertiary/aromatic N) is 1. The van der Waals surface area contributed by atoms with Crippen molar-refractivity contribution in [2.24, 2.45) is 10.7 Å². The summed E-state index contributed by atoms with van der Waals surface area (Å²) in [5.41, 5.74) is 5.22. The molecule has 0 spiro atoms. The molecule has 0 radical (unpaired) electrons. The summed E-state index contributed by atoms with van der Waals surface area (Å²) in [6.45, 7) is 2.81. The van der Waals surface area contributed by atoms with Crippen LogP contribution in [-0.2, 0) is 10.4 Å². The summed E-state index contributed by atoms with van der Waals surface area (Å²) in [6, 6.07) is 0. The topological polar surface area (TPSA) is 125 Å². The summed E-state index contributed by atoms with van der Waals surface area (Å²) >= 11 is 0. The van der Waals surface area contributed by atoms with Crippen LogP contribution in [0.3, 0.4) is 0 Å². The largest absolute Gasteiger partial charge is 0.394 e. The molecule has 0 amide bonds. The van der Waals surface area contributed by atoms with E-state index in [-0.39, 0.29) is 0 Å². The molecule has 0 atom stereocenters. The summed E-state index contributed by atoms with van der Waals surface area (Å²) in [5.74, 6) is 0.502. The Morgan fingerprint density at radius 1 is 1.58 bits per heavy atom. The lowest BCUT2D eigenvalue weighted by Crippen LogP contribution is -2.30. The highest BCUT2D eigenvalue weighted by molar-refractivity contribution is 7.79. The maximum absolute atomic E-state index is 8.74. The fourth-order valence-electron chi connectivity index (χ4n) is 0.260. The third-order valence-corrected chi connectivity index (χ3v) is 0.599. The zero-order valence-corrected chi connectivity index (χ0v) is 7.67. The van der Waals surface area contributed by atoms with E-state index in [4.69, 9.17) is 23.3 Å². The summed E-state index contributed by atoms with van der Waals surface area (Å²) in [4.78, 5) is 3.66. The molecule has 0 saturated carbocycles. The Morgan fingerprint density at radius 3 is 2.00 bits per heavy atom. The van der Waals surface area contributed by atoms with Gasteiger partial charge >= 0.3 is 10.4 Å². The minimum atomic E-state index is -4.67. The van der Waals surface area contributed by atoms with E-state index in [1.807, 2.05) is 6.92 Å². The Kier molecular flexibility index (Phi) is 7.80. The van der Waals surface area contributed by atoms with E-state index >= 15 is 0 Å². The number of nitrogens with two attached hydrogens (primary N) is 1. The summed E-state index contributed by atoms with van der Waals surface area (Å²) in [5, 5.41) is 2.82. The lowest BCUT2D eigenvalue weighted by atomic mass is 10.7. The van der Waals surface area contributed by atoms with E-state index in [9.17, 15) is 0 Å². The van der Waals surface area contributed by atoms with Crippen LogP contribution in [0.1, 0.15) is 6.92 Å². The molecule has 0 aliphatic heterocycles. The van der Waals surface area contributed by atoms with Gasteiger partial charge in [0.15, 0.2) is 5.96 Å². The van der Waals surface area contributed by atoms with E-state index in [0.29, 0.717) is 5.96 Å². The molecule has 74 valence electrons. The average molecular weight is 199 g/mol. The monoisotopic (exact) mass is 199 g/mol. The summed E-state index contributed by atoms with van der Waals surface area (Å²) in [7, 11) is -3.02. The predicted molar refractivity (Wildman–Crippen MR) is 45.4 cm³/mol. The van der Waals surface area contributed by atoms with Gasteiger partial charge in [0.25, 0.3) is 0 Å². The first-order chi connectivity index (χ1) is 5.31. The Labute approximate surface area is 71.3 Å². The number of hydrogen-bond acceptors (Lipinski definition) is 3. The molecule has 0 aliphatic rings. The van der Waals surface area contributed by atoms with Crippen LogP contribution in [0, 0.1) is 0 Å². The second-order valence-electron chi connectivity index (χ2n) is 1.59. The molecule has 0 aromatic heterocycles. The first-order valence-corrected chi connectivity index (χ1v) is 4.37. The van der Waals surface area contributed by atoms with Crippen molar-refractivity contribution < 1.29 is 17.5 Å². The predicted octanol–water partition coefficient (Wildman–Crippen LogP) is -1.11. The number of hydrogen-bond donors (Lipinski definition) is 4. The molecule has 12 heavy (non-hydrogen) atoms. The van der Waals surface area contributed by atoms with Crippen LogP contribution in [0.4, 0.5) is 0 Å². The molecule has 8 heteroatoms. The van der Waals surface area contributed by atoms with Gasteiger partial charge in [-0.1, -0.05) is 0 Å². The average Bonchev–Trinajstić information content (AvgIpc) is 1.85.